The highest BCUT2D eigenvalue weighted by molar-refractivity contribution is 5.55. The summed E-state index contributed by atoms with van der Waals surface area (Å²) in [5.74, 6) is 0. The number of para-hydroxylation sites is 1. The lowest BCUT2D eigenvalue weighted by Gasteiger charge is -2.34. The zero-order valence-electron chi connectivity index (χ0n) is 12.3. The molecule has 108 valence electrons. The van der Waals surface area contributed by atoms with E-state index >= 15 is 0 Å². The minimum absolute atomic E-state index is 0.314. The van der Waals surface area contributed by atoms with Gasteiger partial charge in [0.1, 0.15) is 0 Å². The maximum Gasteiger partial charge on any atom is 0.161 e. The predicted molar refractivity (Wildman–Crippen MR) is 80.7 cm³/mol. The Labute approximate surface area is 121 Å². The first-order valence-electron chi connectivity index (χ1n) is 7.34. The highest BCUT2D eigenvalue weighted by Crippen LogP contribution is 2.27. The Hall–Kier alpha value is -1.57. The van der Waals surface area contributed by atoms with Crippen LogP contribution in [-0.2, 0) is 4.74 Å². The van der Waals surface area contributed by atoms with Gasteiger partial charge in [0, 0.05) is 18.3 Å². The molecule has 1 fully saturated rings. The third kappa shape index (κ3) is 3.50. The summed E-state index contributed by atoms with van der Waals surface area (Å²) in [7, 11) is 0. The summed E-state index contributed by atoms with van der Waals surface area (Å²) in [5.41, 5.74) is 2.51. The van der Waals surface area contributed by atoms with Crippen LogP contribution in [0, 0.1) is 11.3 Å². The van der Waals surface area contributed by atoms with Gasteiger partial charge in [-0.2, -0.15) is 5.26 Å². The van der Waals surface area contributed by atoms with E-state index < -0.39 is 0 Å². The van der Waals surface area contributed by atoms with Gasteiger partial charge in [0.15, 0.2) is 6.10 Å². The largest absolute Gasteiger partial charge is 0.365 e. The summed E-state index contributed by atoms with van der Waals surface area (Å²) in [5, 5.41) is 12.6. The van der Waals surface area contributed by atoms with E-state index in [-0.39, 0.29) is 6.10 Å². The molecule has 0 aliphatic carbocycles. The van der Waals surface area contributed by atoms with E-state index in [1.165, 1.54) is 11.3 Å². The normalized spacial score (nSPS) is 20.4. The highest BCUT2D eigenvalue weighted by Gasteiger charge is 2.22. The number of anilines is 1. The van der Waals surface area contributed by atoms with Crippen molar-refractivity contribution in [3.8, 4) is 6.07 Å². The second-order valence-electron chi connectivity index (χ2n) is 5.17. The van der Waals surface area contributed by atoms with Crippen LogP contribution >= 0.6 is 0 Å². The second-order valence-corrected chi connectivity index (χ2v) is 5.17. The monoisotopic (exact) mass is 273 g/mol. The van der Waals surface area contributed by atoms with Crippen LogP contribution in [0.25, 0.3) is 0 Å². The van der Waals surface area contributed by atoms with Crippen LogP contribution in [-0.4, -0.2) is 32.3 Å². The second kappa shape index (κ2) is 7.28. The number of ether oxygens (including phenoxy) is 1. The molecular formula is C16H23N3O. The molecule has 2 unspecified atom stereocenters. The van der Waals surface area contributed by atoms with Gasteiger partial charge in [-0.3, -0.25) is 0 Å². The number of benzene rings is 1. The van der Waals surface area contributed by atoms with Gasteiger partial charge in [-0.15, -0.1) is 0 Å². The Balaban J connectivity index is 2.16. The van der Waals surface area contributed by atoms with Crippen LogP contribution in [0.1, 0.15) is 31.9 Å². The zero-order valence-corrected chi connectivity index (χ0v) is 12.3. The maximum absolute atomic E-state index is 9.04. The van der Waals surface area contributed by atoms with Gasteiger partial charge in [-0.05, 0) is 31.5 Å². The lowest BCUT2D eigenvalue weighted by Crippen LogP contribution is -2.42. The van der Waals surface area contributed by atoms with E-state index in [1.807, 2.05) is 0 Å². The van der Waals surface area contributed by atoms with Crippen molar-refractivity contribution < 1.29 is 4.74 Å². The van der Waals surface area contributed by atoms with Gasteiger partial charge < -0.3 is 15.0 Å². The van der Waals surface area contributed by atoms with Crippen molar-refractivity contribution in [2.75, 3.05) is 31.1 Å². The standard InChI is InChI=1S/C16H23N3O/c1-3-8-18-13(2)15-6-4-5-7-16(15)19-9-10-20-14(11-17)12-19/h4-7,13-14,18H,3,8-10,12H2,1-2H3. The Morgan fingerprint density at radius 1 is 1.50 bits per heavy atom. The summed E-state index contributed by atoms with van der Waals surface area (Å²) >= 11 is 0. The SMILES string of the molecule is CCCNC(C)c1ccccc1N1CCOC(C#N)C1. The first-order valence-corrected chi connectivity index (χ1v) is 7.34. The number of nitrogens with zero attached hydrogens (tertiary/aromatic N) is 2. The molecular weight excluding hydrogens is 250 g/mol. The van der Waals surface area contributed by atoms with E-state index in [0.717, 1.165) is 19.5 Å². The predicted octanol–water partition coefficient (Wildman–Crippen LogP) is 2.48. The van der Waals surface area contributed by atoms with Crippen LogP contribution < -0.4 is 10.2 Å². The lowest BCUT2D eigenvalue weighted by atomic mass is 10.0. The zero-order chi connectivity index (χ0) is 14.4. The molecule has 4 nitrogen and oxygen atoms in total. The van der Waals surface area contributed by atoms with E-state index in [4.69, 9.17) is 10.00 Å². The molecule has 0 aromatic heterocycles. The van der Waals surface area contributed by atoms with Crippen molar-refractivity contribution in [3.63, 3.8) is 0 Å². The van der Waals surface area contributed by atoms with E-state index in [2.05, 4.69) is 54.4 Å². The molecule has 1 aromatic carbocycles. The van der Waals surface area contributed by atoms with Gasteiger partial charge in [-0.25, -0.2) is 0 Å². The third-order valence-electron chi connectivity index (χ3n) is 3.65. The van der Waals surface area contributed by atoms with Crippen molar-refractivity contribution in [1.29, 1.82) is 5.26 Å². The van der Waals surface area contributed by atoms with Gasteiger partial charge in [-0.1, -0.05) is 25.1 Å². The molecule has 2 atom stereocenters. The average molecular weight is 273 g/mol. The fraction of sp³-hybridized carbons (Fsp3) is 0.562. The maximum atomic E-state index is 9.04. The summed E-state index contributed by atoms with van der Waals surface area (Å²) in [6, 6.07) is 11.0. The first kappa shape index (κ1) is 14.8. The van der Waals surface area contributed by atoms with Crippen molar-refractivity contribution in [3.05, 3.63) is 29.8 Å². The van der Waals surface area contributed by atoms with Crippen LogP contribution in [0.5, 0.6) is 0 Å². The average Bonchev–Trinajstić information content (AvgIpc) is 2.52. The van der Waals surface area contributed by atoms with E-state index in [1.54, 1.807) is 0 Å². The molecule has 0 spiro atoms. The van der Waals surface area contributed by atoms with Crippen LogP contribution in [0.4, 0.5) is 5.69 Å². The van der Waals surface area contributed by atoms with Crippen LogP contribution in [0.3, 0.4) is 0 Å². The van der Waals surface area contributed by atoms with Crippen LogP contribution in [0.2, 0.25) is 0 Å². The molecule has 0 saturated carbocycles. The minimum atomic E-state index is -0.323. The van der Waals surface area contributed by atoms with Crippen LogP contribution in [0.15, 0.2) is 24.3 Å². The topological polar surface area (TPSA) is 48.3 Å². The van der Waals surface area contributed by atoms with Gasteiger partial charge in [0.25, 0.3) is 0 Å². The molecule has 20 heavy (non-hydrogen) atoms. The molecule has 1 heterocycles. The minimum Gasteiger partial charge on any atom is -0.365 e. The Morgan fingerprint density at radius 3 is 3.05 bits per heavy atom. The summed E-state index contributed by atoms with van der Waals surface area (Å²) < 4.78 is 5.43. The lowest BCUT2D eigenvalue weighted by molar-refractivity contribution is 0.0763. The molecule has 0 bridgehead atoms. The van der Waals surface area contributed by atoms with Crippen molar-refractivity contribution in [2.24, 2.45) is 0 Å². The molecule has 1 aromatic rings. The molecule has 1 aliphatic rings. The number of morpholine rings is 1. The Bertz CT molecular complexity index is 469. The summed E-state index contributed by atoms with van der Waals surface area (Å²) in [6.45, 7) is 7.48. The molecule has 1 saturated heterocycles. The smallest absolute Gasteiger partial charge is 0.161 e. The number of nitriles is 1. The number of hydrogen-bond donors (Lipinski definition) is 1. The van der Waals surface area contributed by atoms with Gasteiger partial charge >= 0.3 is 0 Å². The highest BCUT2D eigenvalue weighted by atomic mass is 16.5. The molecule has 1 aliphatic heterocycles. The molecule has 0 radical (unpaired) electrons. The van der Waals surface area contributed by atoms with Crippen molar-refractivity contribution in [2.45, 2.75) is 32.4 Å². The molecule has 2 rings (SSSR count). The summed E-state index contributed by atoms with van der Waals surface area (Å²) in [6.07, 6.45) is 0.802. The third-order valence-corrected chi connectivity index (χ3v) is 3.65. The number of hydrogen-bond acceptors (Lipinski definition) is 4. The first-order chi connectivity index (χ1) is 9.76. The quantitative estimate of drug-likeness (QED) is 0.895. The van der Waals surface area contributed by atoms with Crippen molar-refractivity contribution >= 4 is 5.69 Å². The molecule has 1 N–H and O–H groups in total. The molecule has 4 heteroatoms. The number of rotatable bonds is 5. The fourth-order valence-corrected chi connectivity index (χ4v) is 2.56. The van der Waals surface area contributed by atoms with E-state index in [9.17, 15) is 0 Å². The Morgan fingerprint density at radius 2 is 2.30 bits per heavy atom. The van der Waals surface area contributed by atoms with Crippen molar-refractivity contribution in [1.82, 2.24) is 5.32 Å². The molecule has 0 amide bonds. The van der Waals surface area contributed by atoms with Gasteiger partial charge in [0.05, 0.1) is 19.2 Å². The fourth-order valence-electron chi connectivity index (χ4n) is 2.56. The van der Waals surface area contributed by atoms with E-state index in [0.29, 0.717) is 19.2 Å². The summed E-state index contributed by atoms with van der Waals surface area (Å²) in [4.78, 5) is 2.26. The van der Waals surface area contributed by atoms with Gasteiger partial charge in [0.2, 0.25) is 0 Å². The number of nitrogens with one attached hydrogen (secondary N) is 1. The Kier molecular flexibility index (Phi) is 5.40.